The molecule has 1 rings (SSSR count). The van der Waals surface area contributed by atoms with E-state index in [-0.39, 0.29) is 24.7 Å². The molecular formula is C8H10BrNO4. The van der Waals surface area contributed by atoms with Gasteiger partial charge >= 0.3 is 5.97 Å². The summed E-state index contributed by atoms with van der Waals surface area (Å²) in [6.07, 6.45) is 0.283. The van der Waals surface area contributed by atoms with Crippen LogP contribution in [0.3, 0.4) is 0 Å². The molecule has 0 aromatic carbocycles. The molecule has 0 spiro atoms. The van der Waals surface area contributed by atoms with Crippen LogP contribution in [0.1, 0.15) is 6.42 Å². The Labute approximate surface area is 88.7 Å². The lowest BCUT2D eigenvalue weighted by molar-refractivity contribution is -0.136. The minimum Gasteiger partial charge on any atom is -0.494 e. The lowest BCUT2D eigenvalue weighted by Gasteiger charge is -2.07. The Morgan fingerprint density at radius 3 is 2.36 bits per heavy atom. The molecule has 3 N–H and O–H groups in total. The standard InChI is InChI=1S/C8H10BrNO4/c9-5(8(13)14)3-4-10-6(11)1-2-7(10)12/h1-2,5,11-12H,3-4H2,(H,13,14). The van der Waals surface area contributed by atoms with Gasteiger partial charge in [-0.05, 0) is 6.42 Å². The van der Waals surface area contributed by atoms with Crippen LogP contribution in [-0.4, -0.2) is 30.7 Å². The highest BCUT2D eigenvalue weighted by Crippen LogP contribution is 2.22. The number of aromatic hydroxyl groups is 2. The van der Waals surface area contributed by atoms with Crippen molar-refractivity contribution >= 4 is 21.9 Å². The van der Waals surface area contributed by atoms with E-state index >= 15 is 0 Å². The lowest BCUT2D eigenvalue weighted by atomic mass is 10.3. The Hall–Kier alpha value is -1.17. The predicted octanol–water partition coefficient (Wildman–Crippen LogP) is 1.14. The number of carbonyl (C=O) groups is 1. The van der Waals surface area contributed by atoms with E-state index in [0.29, 0.717) is 0 Å². The number of nitrogens with zero attached hydrogens (tertiary/aromatic N) is 1. The first-order valence-electron chi connectivity index (χ1n) is 3.96. The van der Waals surface area contributed by atoms with Crippen molar-refractivity contribution in [2.75, 3.05) is 0 Å². The van der Waals surface area contributed by atoms with Crippen molar-refractivity contribution in [2.24, 2.45) is 0 Å². The van der Waals surface area contributed by atoms with Crippen molar-refractivity contribution in [3.8, 4) is 11.8 Å². The Bertz CT molecular complexity index is 317. The summed E-state index contributed by atoms with van der Waals surface area (Å²) in [6.45, 7) is 0.243. The summed E-state index contributed by atoms with van der Waals surface area (Å²) in [5.41, 5.74) is 0. The fourth-order valence-electron chi connectivity index (χ4n) is 1.04. The summed E-state index contributed by atoms with van der Waals surface area (Å²) in [6, 6.07) is 2.69. The Kier molecular flexibility index (Phi) is 3.40. The summed E-state index contributed by atoms with van der Waals surface area (Å²) >= 11 is 2.96. The number of aromatic nitrogens is 1. The van der Waals surface area contributed by atoms with Gasteiger partial charge in [-0.25, -0.2) is 0 Å². The molecule has 0 saturated heterocycles. The molecule has 0 saturated carbocycles. The molecule has 14 heavy (non-hydrogen) atoms. The highest BCUT2D eigenvalue weighted by Gasteiger charge is 2.14. The van der Waals surface area contributed by atoms with E-state index in [1.54, 1.807) is 0 Å². The first-order chi connectivity index (χ1) is 6.52. The highest BCUT2D eigenvalue weighted by atomic mass is 79.9. The van der Waals surface area contributed by atoms with Gasteiger partial charge in [0, 0.05) is 18.7 Å². The van der Waals surface area contributed by atoms with Gasteiger partial charge in [-0.2, -0.15) is 0 Å². The third kappa shape index (κ3) is 2.41. The normalized spacial score (nSPS) is 12.6. The molecule has 1 atom stereocenters. The van der Waals surface area contributed by atoms with Crippen LogP contribution in [0.2, 0.25) is 0 Å². The summed E-state index contributed by atoms with van der Waals surface area (Å²) in [5, 5.41) is 27.0. The van der Waals surface area contributed by atoms with Crippen LogP contribution in [0, 0.1) is 0 Å². The number of hydrogen-bond acceptors (Lipinski definition) is 3. The quantitative estimate of drug-likeness (QED) is 0.712. The summed E-state index contributed by atoms with van der Waals surface area (Å²) in [5.74, 6) is -1.11. The molecule has 1 aromatic rings. The second-order valence-electron chi connectivity index (χ2n) is 2.80. The summed E-state index contributed by atoms with van der Waals surface area (Å²) < 4.78 is 1.23. The largest absolute Gasteiger partial charge is 0.494 e. The second kappa shape index (κ2) is 4.36. The van der Waals surface area contributed by atoms with Crippen LogP contribution in [0.4, 0.5) is 0 Å². The Morgan fingerprint density at radius 1 is 1.43 bits per heavy atom. The number of hydrogen-bond donors (Lipinski definition) is 3. The van der Waals surface area contributed by atoms with Crippen LogP contribution in [0.15, 0.2) is 12.1 Å². The molecule has 0 bridgehead atoms. The zero-order valence-electron chi connectivity index (χ0n) is 7.22. The molecule has 0 aliphatic rings. The van der Waals surface area contributed by atoms with Crippen LogP contribution in [-0.2, 0) is 11.3 Å². The number of halogens is 1. The molecule has 5 nitrogen and oxygen atoms in total. The molecule has 0 amide bonds. The molecule has 0 aliphatic heterocycles. The third-order valence-electron chi connectivity index (χ3n) is 1.81. The third-order valence-corrected chi connectivity index (χ3v) is 2.66. The summed E-state index contributed by atoms with van der Waals surface area (Å²) in [4.78, 5) is 9.77. The van der Waals surface area contributed by atoms with Gasteiger partial charge in [0.15, 0.2) is 11.8 Å². The molecule has 0 radical (unpaired) electrons. The minimum absolute atomic E-state index is 0.0763. The number of alkyl halides is 1. The van der Waals surface area contributed by atoms with Gasteiger partial charge in [-0.15, -0.1) is 0 Å². The van der Waals surface area contributed by atoms with Crippen molar-refractivity contribution in [1.29, 1.82) is 0 Å². The van der Waals surface area contributed by atoms with Gasteiger partial charge in [0.2, 0.25) is 0 Å². The number of rotatable bonds is 4. The van der Waals surface area contributed by atoms with Crippen molar-refractivity contribution in [3.63, 3.8) is 0 Å². The van der Waals surface area contributed by atoms with E-state index in [9.17, 15) is 15.0 Å². The summed E-state index contributed by atoms with van der Waals surface area (Å²) in [7, 11) is 0. The van der Waals surface area contributed by atoms with Gasteiger partial charge in [-0.1, -0.05) is 15.9 Å². The second-order valence-corrected chi connectivity index (χ2v) is 3.90. The van der Waals surface area contributed by atoms with Gasteiger partial charge in [-0.3, -0.25) is 9.36 Å². The molecule has 0 fully saturated rings. The van der Waals surface area contributed by atoms with Gasteiger partial charge in [0.25, 0.3) is 0 Å². The van der Waals surface area contributed by atoms with Gasteiger partial charge in [0.1, 0.15) is 4.83 Å². The first kappa shape index (κ1) is 10.9. The Balaban J connectivity index is 2.57. The van der Waals surface area contributed by atoms with E-state index in [0.717, 1.165) is 0 Å². The molecule has 1 heterocycles. The first-order valence-corrected chi connectivity index (χ1v) is 4.88. The lowest BCUT2D eigenvalue weighted by Crippen LogP contribution is -2.15. The van der Waals surface area contributed by atoms with E-state index in [1.807, 2.05) is 0 Å². The van der Waals surface area contributed by atoms with Crippen LogP contribution >= 0.6 is 15.9 Å². The SMILES string of the molecule is O=C(O)C(Br)CCn1c(O)ccc1O. The zero-order valence-corrected chi connectivity index (χ0v) is 8.81. The molecule has 1 aromatic heterocycles. The number of carboxylic acid groups (broad SMARTS) is 1. The van der Waals surface area contributed by atoms with Crippen molar-refractivity contribution in [2.45, 2.75) is 17.8 Å². The Morgan fingerprint density at radius 2 is 1.93 bits per heavy atom. The molecule has 1 unspecified atom stereocenters. The zero-order chi connectivity index (χ0) is 10.7. The highest BCUT2D eigenvalue weighted by molar-refractivity contribution is 9.10. The minimum atomic E-state index is -0.962. The van der Waals surface area contributed by atoms with Crippen LogP contribution < -0.4 is 0 Å². The average Bonchev–Trinajstić information content (AvgIpc) is 2.43. The molecular weight excluding hydrogens is 254 g/mol. The van der Waals surface area contributed by atoms with Crippen molar-refractivity contribution in [1.82, 2.24) is 4.57 Å². The monoisotopic (exact) mass is 263 g/mol. The predicted molar refractivity (Wildman–Crippen MR) is 52.7 cm³/mol. The van der Waals surface area contributed by atoms with Gasteiger partial charge in [0.05, 0.1) is 0 Å². The van der Waals surface area contributed by atoms with Crippen LogP contribution in [0.5, 0.6) is 11.8 Å². The molecule has 6 heteroatoms. The topological polar surface area (TPSA) is 82.7 Å². The average molecular weight is 264 g/mol. The van der Waals surface area contributed by atoms with Gasteiger partial charge < -0.3 is 15.3 Å². The van der Waals surface area contributed by atoms with E-state index < -0.39 is 10.8 Å². The van der Waals surface area contributed by atoms with E-state index in [4.69, 9.17) is 5.11 Å². The molecule has 78 valence electrons. The number of carboxylic acids is 1. The smallest absolute Gasteiger partial charge is 0.317 e. The van der Waals surface area contributed by atoms with Crippen molar-refractivity contribution in [3.05, 3.63) is 12.1 Å². The maximum atomic E-state index is 10.4. The fraction of sp³-hybridized carbons (Fsp3) is 0.375. The maximum absolute atomic E-state index is 10.4. The molecule has 0 aliphatic carbocycles. The van der Waals surface area contributed by atoms with Crippen LogP contribution in [0.25, 0.3) is 0 Å². The van der Waals surface area contributed by atoms with Crippen molar-refractivity contribution < 1.29 is 20.1 Å². The fourth-order valence-corrected chi connectivity index (χ4v) is 1.25. The number of aliphatic carboxylic acids is 1. The van der Waals surface area contributed by atoms with E-state index in [2.05, 4.69) is 15.9 Å². The maximum Gasteiger partial charge on any atom is 0.317 e. The van der Waals surface area contributed by atoms with E-state index in [1.165, 1.54) is 16.7 Å².